The van der Waals surface area contributed by atoms with E-state index in [0.717, 1.165) is 44.7 Å². The Labute approximate surface area is 192 Å². The van der Waals surface area contributed by atoms with Crippen LogP contribution in [0.4, 0.5) is 10.5 Å². The van der Waals surface area contributed by atoms with E-state index in [4.69, 9.17) is 0 Å². The first-order valence-electron chi connectivity index (χ1n) is 8.56. The zero-order valence-electron chi connectivity index (χ0n) is 14.7. The summed E-state index contributed by atoms with van der Waals surface area (Å²) in [4.78, 5) is 16.8. The molecule has 0 bridgehead atoms. The minimum Gasteiger partial charge on any atom is -0.330 e. The molecule has 2 fully saturated rings. The molecule has 0 radical (unpaired) electrons. The Balaban J connectivity index is 0.00000182. The number of nitrogens with zero attached hydrogens (tertiary/aromatic N) is 2. The summed E-state index contributed by atoms with van der Waals surface area (Å²) in [6, 6.07) is 21.2. The molecule has 2 amide bonds. The van der Waals surface area contributed by atoms with Crippen molar-refractivity contribution in [2.45, 2.75) is 24.9 Å². The Bertz CT molecular complexity index is 699. The Morgan fingerprint density at radius 2 is 1.72 bits per heavy atom. The molecule has 2 aromatic rings. The first-order valence-corrected chi connectivity index (χ1v) is 8.56. The molecule has 0 atom stereocenters. The zero-order valence-corrected chi connectivity index (χ0v) is 17.9. The molecule has 0 aromatic heterocycles. The normalized spacial score (nSPS) is 19.5. The molecule has 124 valence electrons. The summed E-state index contributed by atoms with van der Waals surface area (Å²) in [6.45, 7) is 3.79. The van der Waals surface area contributed by atoms with Crippen LogP contribution in [0.15, 0.2) is 54.6 Å². The summed E-state index contributed by atoms with van der Waals surface area (Å²) in [5.41, 5.74) is 2.23. The number of amides is 2. The molecule has 4 nitrogen and oxygen atoms in total. The molecule has 2 aliphatic heterocycles. The molecular formula is C20H22KN3O. The minimum atomic E-state index is -0.0795. The maximum Gasteiger partial charge on any atom is 1.00 e. The topological polar surface area (TPSA) is 35.6 Å². The SMILES string of the molecule is O=C1NC2(CCN(Cc3ccccc3)CC2)CN1c1cc[c-]cc1.[K+]. The molecule has 2 saturated heterocycles. The van der Waals surface area contributed by atoms with Gasteiger partial charge in [-0.1, -0.05) is 36.0 Å². The van der Waals surface area contributed by atoms with Crippen LogP contribution in [-0.4, -0.2) is 36.1 Å². The molecule has 0 aliphatic carbocycles. The Kier molecular flexibility index (Phi) is 6.36. The van der Waals surface area contributed by atoms with Crippen LogP contribution in [0, 0.1) is 6.07 Å². The van der Waals surface area contributed by atoms with Gasteiger partial charge in [0.1, 0.15) is 0 Å². The fraction of sp³-hybridized carbons (Fsp3) is 0.350. The van der Waals surface area contributed by atoms with Gasteiger partial charge < -0.3 is 10.2 Å². The van der Waals surface area contributed by atoms with Gasteiger partial charge in [-0.15, -0.1) is 12.1 Å². The molecule has 1 spiro atoms. The summed E-state index contributed by atoms with van der Waals surface area (Å²) in [5, 5.41) is 3.25. The number of anilines is 1. The number of nitrogens with one attached hydrogen (secondary N) is 1. The smallest absolute Gasteiger partial charge is 0.330 e. The summed E-state index contributed by atoms with van der Waals surface area (Å²) in [5.74, 6) is 0. The number of rotatable bonds is 3. The molecule has 0 saturated carbocycles. The van der Waals surface area contributed by atoms with E-state index in [9.17, 15) is 4.79 Å². The van der Waals surface area contributed by atoms with Crippen LogP contribution in [0.3, 0.4) is 0 Å². The van der Waals surface area contributed by atoms with Gasteiger partial charge in [-0.3, -0.25) is 4.90 Å². The van der Waals surface area contributed by atoms with Crippen molar-refractivity contribution in [3.63, 3.8) is 0 Å². The van der Waals surface area contributed by atoms with Crippen LogP contribution >= 0.6 is 0 Å². The second kappa shape index (κ2) is 8.33. The molecule has 2 aromatic carbocycles. The number of piperidine rings is 1. The molecule has 4 rings (SSSR count). The quantitative estimate of drug-likeness (QED) is 0.621. The van der Waals surface area contributed by atoms with Gasteiger partial charge in [-0.25, -0.2) is 4.79 Å². The monoisotopic (exact) mass is 359 g/mol. The van der Waals surface area contributed by atoms with Gasteiger partial charge in [0, 0.05) is 26.2 Å². The maximum absolute atomic E-state index is 12.4. The third-order valence-corrected chi connectivity index (χ3v) is 5.15. The van der Waals surface area contributed by atoms with Gasteiger partial charge in [-0.2, -0.15) is 18.2 Å². The third-order valence-electron chi connectivity index (χ3n) is 5.15. The van der Waals surface area contributed by atoms with Crippen molar-refractivity contribution in [3.05, 3.63) is 66.2 Å². The Hall–Kier alpha value is -0.694. The van der Waals surface area contributed by atoms with Crippen LogP contribution < -0.4 is 61.6 Å². The summed E-state index contributed by atoms with van der Waals surface area (Å²) < 4.78 is 0. The van der Waals surface area contributed by atoms with E-state index in [1.807, 2.05) is 29.2 Å². The van der Waals surface area contributed by atoms with Gasteiger partial charge in [0.15, 0.2) is 0 Å². The van der Waals surface area contributed by atoms with Crippen LogP contribution in [0.2, 0.25) is 0 Å². The second-order valence-corrected chi connectivity index (χ2v) is 6.82. The van der Waals surface area contributed by atoms with Gasteiger partial charge in [0.25, 0.3) is 0 Å². The molecule has 2 heterocycles. The van der Waals surface area contributed by atoms with Crippen molar-refractivity contribution >= 4 is 11.7 Å². The molecular weight excluding hydrogens is 337 g/mol. The van der Waals surface area contributed by atoms with E-state index in [2.05, 4.69) is 46.6 Å². The predicted molar refractivity (Wildman–Crippen MR) is 94.8 cm³/mol. The Morgan fingerprint density at radius 1 is 1.04 bits per heavy atom. The van der Waals surface area contributed by atoms with E-state index in [-0.39, 0.29) is 63.0 Å². The number of urea groups is 1. The number of likely N-dealkylation sites (tertiary alicyclic amines) is 1. The van der Waals surface area contributed by atoms with Gasteiger partial charge in [0.05, 0.1) is 5.54 Å². The first kappa shape index (κ1) is 19.1. The van der Waals surface area contributed by atoms with Crippen LogP contribution in [-0.2, 0) is 6.54 Å². The van der Waals surface area contributed by atoms with Gasteiger partial charge in [-0.05, 0) is 18.4 Å². The first-order chi connectivity index (χ1) is 11.7. The van der Waals surface area contributed by atoms with E-state index in [1.165, 1.54) is 5.56 Å². The number of hydrogen-bond donors (Lipinski definition) is 1. The third kappa shape index (κ3) is 4.35. The average molecular weight is 360 g/mol. The number of carbonyl (C=O) groups is 1. The fourth-order valence-corrected chi connectivity index (χ4v) is 3.74. The standard InChI is InChI=1S/C20H22N3O.K/c24-19-21-20(16-23(19)18-9-5-2-6-10-18)11-13-22(14-12-20)15-17-7-3-1-4-8-17;/h1,3-10H,11-16H2,(H,21,24);/q-1;+1. The van der Waals surface area contributed by atoms with Crippen molar-refractivity contribution in [2.75, 3.05) is 24.5 Å². The van der Waals surface area contributed by atoms with Crippen molar-refractivity contribution < 1.29 is 56.2 Å². The fourth-order valence-electron chi connectivity index (χ4n) is 3.74. The number of carbonyl (C=O) groups excluding carboxylic acids is 1. The van der Waals surface area contributed by atoms with E-state index >= 15 is 0 Å². The van der Waals surface area contributed by atoms with Crippen molar-refractivity contribution in [1.82, 2.24) is 10.2 Å². The largest absolute Gasteiger partial charge is 1.00 e. The molecule has 1 N–H and O–H groups in total. The van der Waals surface area contributed by atoms with Crippen LogP contribution in [0.5, 0.6) is 0 Å². The number of benzene rings is 2. The summed E-state index contributed by atoms with van der Waals surface area (Å²) >= 11 is 0. The zero-order chi connectivity index (χ0) is 16.4. The molecule has 5 heteroatoms. The molecule has 2 aliphatic rings. The van der Waals surface area contributed by atoms with Crippen LogP contribution in [0.25, 0.3) is 0 Å². The van der Waals surface area contributed by atoms with E-state index in [1.54, 1.807) is 0 Å². The Morgan fingerprint density at radius 3 is 2.40 bits per heavy atom. The van der Waals surface area contributed by atoms with Crippen molar-refractivity contribution in [3.8, 4) is 0 Å². The van der Waals surface area contributed by atoms with Crippen LogP contribution in [0.1, 0.15) is 18.4 Å². The van der Waals surface area contributed by atoms with Gasteiger partial charge >= 0.3 is 57.4 Å². The minimum absolute atomic E-state index is 0. The van der Waals surface area contributed by atoms with E-state index in [0.29, 0.717) is 0 Å². The predicted octanol–water partition coefficient (Wildman–Crippen LogP) is 0.0552. The maximum atomic E-state index is 12.4. The summed E-state index contributed by atoms with van der Waals surface area (Å²) in [7, 11) is 0. The van der Waals surface area contributed by atoms with Crippen molar-refractivity contribution in [1.29, 1.82) is 0 Å². The summed E-state index contributed by atoms with van der Waals surface area (Å²) in [6.07, 6.45) is 2.00. The molecule has 0 unspecified atom stereocenters. The van der Waals surface area contributed by atoms with Gasteiger partial charge in [0.2, 0.25) is 0 Å². The van der Waals surface area contributed by atoms with E-state index < -0.39 is 0 Å². The second-order valence-electron chi connectivity index (χ2n) is 6.82. The number of hydrogen-bond acceptors (Lipinski definition) is 2. The molecule has 25 heavy (non-hydrogen) atoms. The van der Waals surface area contributed by atoms with Crippen molar-refractivity contribution in [2.24, 2.45) is 0 Å². The average Bonchev–Trinajstić information content (AvgIpc) is 2.95.